The van der Waals surface area contributed by atoms with Gasteiger partial charge in [-0.05, 0) is 74.8 Å². The molecule has 0 radical (unpaired) electrons. The number of aliphatic hydroxyl groups excluding tert-OH is 1. The minimum atomic E-state index is -3.70. The Balaban J connectivity index is 1.69. The van der Waals surface area contributed by atoms with Crippen LogP contribution in [0.15, 0.2) is 48.7 Å². The topological polar surface area (TPSA) is 109 Å². The Hall–Kier alpha value is -3.01. The number of aryl methyl sites for hydroxylation is 1. The van der Waals surface area contributed by atoms with Gasteiger partial charge in [-0.15, -0.1) is 0 Å². The summed E-state index contributed by atoms with van der Waals surface area (Å²) in [6.45, 7) is 12.2. The van der Waals surface area contributed by atoms with Crippen LogP contribution in [0, 0.1) is 11.8 Å². The SMILES string of the molecule is CCC[C@H](O)[C@H](NC[C@@H](CC(=O)c1cc2c3c(c1)c(CC)cn3CC(C)(C)S(=O)(=O)N2C)Cc1ccccc1)C(=O)CC(C)C. The minimum Gasteiger partial charge on any atom is -0.391 e. The summed E-state index contributed by atoms with van der Waals surface area (Å²) in [5.74, 6) is -0.0827. The molecule has 1 aliphatic rings. The van der Waals surface area contributed by atoms with Crippen molar-refractivity contribution >= 4 is 38.2 Å². The van der Waals surface area contributed by atoms with Crippen molar-refractivity contribution in [2.75, 3.05) is 17.9 Å². The quantitative estimate of drug-likeness (QED) is 0.200. The van der Waals surface area contributed by atoms with Crippen molar-refractivity contribution in [1.29, 1.82) is 0 Å². The van der Waals surface area contributed by atoms with Crippen LogP contribution >= 0.6 is 0 Å². The molecule has 0 saturated carbocycles. The lowest BCUT2D eigenvalue weighted by Crippen LogP contribution is -2.48. The van der Waals surface area contributed by atoms with Gasteiger partial charge >= 0.3 is 0 Å². The number of hydrogen-bond donors (Lipinski definition) is 2. The molecule has 45 heavy (non-hydrogen) atoms. The summed E-state index contributed by atoms with van der Waals surface area (Å²) in [5, 5.41) is 15.2. The molecule has 3 aromatic rings. The molecule has 0 saturated heterocycles. The number of aromatic nitrogens is 1. The molecule has 3 atom stereocenters. The van der Waals surface area contributed by atoms with Gasteiger partial charge in [0.15, 0.2) is 11.6 Å². The van der Waals surface area contributed by atoms with E-state index in [1.165, 1.54) is 4.31 Å². The molecule has 0 amide bonds. The maximum absolute atomic E-state index is 14.1. The fraction of sp³-hybridized carbons (Fsp3) is 0.556. The molecule has 0 spiro atoms. The number of sulfonamides is 1. The molecule has 0 bridgehead atoms. The first-order chi connectivity index (χ1) is 21.2. The molecule has 0 unspecified atom stereocenters. The third kappa shape index (κ3) is 7.53. The Morgan fingerprint density at radius 3 is 2.38 bits per heavy atom. The number of carbonyl (C=O) groups excluding carboxylic acids is 2. The van der Waals surface area contributed by atoms with Gasteiger partial charge in [0.25, 0.3) is 0 Å². The summed E-state index contributed by atoms with van der Waals surface area (Å²) >= 11 is 0. The number of carbonyl (C=O) groups is 2. The molecule has 2 aromatic carbocycles. The fourth-order valence-electron chi connectivity index (χ4n) is 6.58. The van der Waals surface area contributed by atoms with Gasteiger partial charge in [0, 0.05) is 43.6 Å². The van der Waals surface area contributed by atoms with Crippen LogP contribution in [0.2, 0.25) is 0 Å². The summed E-state index contributed by atoms with van der Waals surface area (Å²) < 4.78 is 29.6. The number of hydrogen-bond acceptors (Lipinski definition) is 6. The number of aliphatic hydroxyl groups is 1. The van der Waals surface area contributed by atoms with E-state index in [9.17, 15) is 23.1 Å². The van der Waals surface area contributed by atoms with E-state index in [0.717, 1.165) is 34.9 Å². The van der Waals surface area contributed by atoms with Crippen LogP contribution in [0.1, 0.15) is 88.7 Å². The molecular weight excluding hydrogens is 586 g/mol. The number of Topliss-reactive ketones (excluding diaryl/α,β-unsaturated/α-hetero) is 2. The highest BCUT2D eigenvalue weighted by Gasteiger charge is 2.42. The van der Waals surface area contributed by atoms with Crippen LogP contribution in [0.25, 0.3) is 10.9 Å². The zero-order chi connectivity index (χ0) is 33.1. The van der Waals surface area contributed by atoms with Crippen molar-refractivity contribution in [3.8, 4) is 0 Å². The summed E-state index contributed by atoms with van der Waals surface area (Å²) in [7, 11) is -2.12. The first kappa shape index (κ1) is 34.9. The highest BCUT2D eigenvalue weighted by molar-refractivity contribution is 7.94. The van der Waals surface area contributed by atoms with E-state index in [1.807, 2.05) is 67.9 Å². The molecule has 1 aliphatic heterocycles. The smallest absolute Gasteiger partial charge is 0.241 e. The van der Waals surface area contributed by atoms with Gasteiger partial charge in [-0.1, -0.05) is 64.4 Å². The summed E-state index contributed by atoms with van der Waals surface area (Å²) in [5.41, 5.74) is 3.98. The van der Waals surface area contributed by atoms with Crippen molar-refractivity contribution in [2.24, 2.45) is 11.8 Å². The number of rotatable bonds is 15. The van der Waals surface area contributed by atoms with Gasteiger partial charge < -0.3 is 15.0 Å². The predicted octanol–water partition coefficient (Wildman–Crippen LogP) is 5.93. The van der Waals surface area contributed by atoms with Crippen LogP contribution in [0.4, 0.5) is 5.69 Å². The molecule has 9 heteroatoms. The molecular formula is C36H51N3O5S. The Morgan fingerprint density at radius 2 is 1.76 bits per heavy atom. The molecule has 4 rings (SSSR count). The summed E-state index contributed by atoms with van der Waals surface area (Å²) in [6, 6.07) is 12.9. The lowest BCUT2D eigenvalue weighted by atomic mass is 9.90. The molecule has 0 aliphatic carbocycles. The number of nitrogens with zero attached hydrogens (tertiary/aromatic N) is 2. The van der Waals surface area contributed by atoms with Gasteiger partial charge in [0.1, 0.15) is 4.75 Å². The molecule has 246 valence electrons. The molecule has 8 nitrogen and oxygen atoms in total. The second kappa shape index (κ2) is 14.2. The maximum atomic E-state index is 14.1. The number of anilines is 1. The van der Waals surface area contributed by atoms with Crippen molar-refractivity contribution in [3.05, 3.63) is 65.4 Å². The van der Waals surface area contributed by atoms with Crippen LogP contribution in [0.5, 0.6) is 0 Å². The van der Waals surface area contributed by atoms with Gasteiger partial charge in [0.05, 0.1) is 23.3 Å². The predicted molar refractivity (Wildman–Crippen MR) is 182 cm³/mol. The first-order valence-electron chi connectivity index (χ1n) is 16.4. The van der Waals surface area contributed by atoms with Crippen molar-refractivity contribution in [3.63, 3.8) is 0 Å². The fourth-order valence-corrected chi connectivity index (χ4v) is 8.02. The lowest BCUT2D eigenvalue weighted by Gasteiger charge is -2.29. The highest BCUT2D eigenvalue weighted by Crippen LogP contribution is 2.40. The van der Waals surface area contributed by atoms with E-state index >= 15 is 0 Å². The average Bonchev–Trinajstić information content (AvgIpc) is 3.30. The summed E-state index contributed by atoms with van der Waals surface area (Å²) in [4.78, 5) is 27.3. The molecule has 1 aromatic heterocycles. The number of ketones is 2. The second-order valence-corrected chi connectivity index (χ2v) is 16.4. The Kier molecular flexibility index (Phi) is 11.0. The minimum absolute atomic E-state index is 0.0138. The van der Waals surface area contributed by atoms with Gasteiger partial charge in [-0.25, -0.2) is 8.42 Å². The zero-order valence-corrected chi connectivity index (χ0v) is 28.8. The highest BCUT2D eigenvalue weighted by atomic mass is 32.2. The van der Waals surface area contributed by atoms with E-state index < -0.39 is 26.9 Å². The molecule has 0 fully saturated rings. The van der Waals surface area contributed by atoms with E-state index in [1.54, 1.807) is 27.0 Å². The third-order valence-electron chi connectivity index (χ3n) is 9.08. The van der Waals surface area contributed by atoms with E-state index in [4.69, 9.17) is 0 Å². The second-order valence-electron chi connectivity index (χ2n) is 13.7. The summed E-state index contributed by atoms with van der Waals surface area (Å²) in [6.07, 6.45) is 4.44. The van der Waals surface area contributed by atoms with Gasteiger partial charge in [-0.3, -0.25) is 13.9 Å². The van der Waals surface area contributed by atoms with Gasteiger partial charge in [-0.2, -0.15) is 0 Å². The van der Waals surface area contributed by atoms with Crippen LogP contribution in [-0.4, -0.2) is 60.1 Å². The van der Waals surface area contributed by atoms with E-state index in [2.05, 4.69) is 12.2 Å². The first-order valence-corrected chi connectivity index (χ1v) is 17.8. The van der Waals surface area contributed by atoms with Crippen LogP contribution in [0.3, 0.4) is 0 Å². The molecule has 2 heterocycles. The van der Waals surface area contributed by atoms with E-state index in [0.29, 0.717) is 43.6 Å². The standard InChI is InChI=1S/C36H51N3O5S/c1-8-13-31(40)34(33(42)16-24(3)4)37-21-26(17-25-14-11-10-12-15-25)18-32(41)28-19-29-27(9-2)22-39-23-36(5,6)45(43,44)38(7)30(20-28)35(29)39/h10-12,14-15,19-20,22,24,26,31,34,37,40H,8-9,13,16-18,21,23H2,1-7H3/t26-,31+,34+/m1/s1. The molecule has 2 N–H and O–H groups in total. The monoisotopic (exact) mass is 637 g/mol. The van der Waals surface area contributed by atoms with Crippen LogP contribution in [-0.2, 0) is 34.2 Å². The number of nitrogens with one attached hydrogen (secondary N) is 1. The Morgan fingerprint density at radius 1 is 1.07 bits per heavy atom. The van der Waals surface area contributed by atoms with Crippen molar-refractivity contribution < 1.29 is 23.1 Å². The number of benzene rings is 2. The van der Waals surface area contributed by atoms with E-state index in [-0.39, 0.29) is 29.8 Å². The normalized spacial score (nSPS) is 17.7. The Bertz CT molecular complexity index is 1610. The van der Waals surface area contributed by atoms with Crippen molar-refractivity contribution in [1.82, 2.24) is 9.88 Å². The maximum Gasteiger partial charge on any atom is 0.241 e. The van der Waals surface area contributed by atoms with Gasteiger partial charge in [0.2, 0.25) is 10.0 Å². The van der Waals surface area contributed by atoms with Crippen LogP contribution < -0.4 is 9.62 Å². The zero-order valence-electron chi connectivity index (χ0n) is 28.0. The van der Waals surface area contributed by atoms with Crippen molar-refractivity contribution in [2.45, 2.75) is 104 Å². The lowest BCUT2D eigenvalue weighted by molar-refractivity contribution is -0.124. The Labute approximate surface area is 269 Å². The average molecular weight is 638 g/mol. The largest absolute Gasteiger partial charge is 0.391 e. The third-order valence-corrected chi connectivity index (χ3v) is 11.5.